The van der Waals surface area contributed by atoms with Crippen LogP contribution in [0.4, 0.5) is 0 Å². The molecule has 0 spiro atoms. The number of rotatable bonds is 5. The van der Waals surface area contributed by atoms with Gasteiger partial charge in [0.25, 0.3) is 5.91 Å². The van der Waals surface area contributed by atoms with Crippen LogP contribution in [0.3, 0.4) is 0 Å². The monoisotopic (exact) mass is 346 g/mol. The van der Waals surface area contributed by atoms with Gasteiger partial charge in [-0.2, -0.15) is 0 Å². The predicted octanol–water partition coefficient (Wildman–Crippen LogP) is 1.35. The Balaban J connectivity index is 1.27. The molecule has 0 radical (unpaired) electrons. The summed E-state index contributed by atoms with van der Waals surface area (Å²) < 4.78 is 4.78. The SMILES string of the molecule is O=C(NCCC1SC(=NC2CC3C=CC2C3)NC1=O)c1ccno1. The van der Waals surface area contributed by atoms with Crippen molar-refractivity contribution in [1.29, 1.82) is 0 Å². The van der Waals surface area contributed by atoms with Crippen LogP contribution >= 0.6 is 11.8 Å². The van der Waals surface area contributed by atoms with Crippen molar-refractivity contribution in [1.82, 2.24) is 15.8 Å². The third-order valence-corrected chi connectivity index (χ3v) is 5.82. The van der Waals surface area contributed by atoms with Gasteiger partial charge in [-0.05, 0) is 31.1 Å². The van der Waals surface area contributed by atoms with Gasteiger partial charge in [0.15, 0.2) is 5.17 Å². The van der Waals surface area contributed by atoms with Crippen molar-refractivity contribution < 1.29 is 14.1 Å². The number of aromatic nitrogens is 1. The second-order valence-electron chi connectivity index (χ2n) is 6.30. The van der Waals surface area contributed by atoms with Gasteiger partial charge in [0.05, 0.1) is 17.5 Å². The van der Waals surface area contributed by atoms with Gasteiger partial charge in [-0.3, -0.25) is 14.6 Å². The molecule has 1 aliphatic heterocycles. The lowest BCUT2D eigenvalue weighted by Gasteiger charge is -2.13. The van der Waals surface area contributed by atoms with Crippen molar-refractivity contribution in [2.45, 2.75) is 30.6 Å². The van der Waals surface area contributed by atoms with Crippen LogP contribution in [-0.2, 0) is 4.79 Å². The van der Waals surface area contributed by atoms with Crippen LogP contribution < -0.4 is 10.6 Å². The van der Waals surface area contributed by atoms with Crippen LogP contribution in [0.25, 0.3) is 0 Å². The molecule has 7 nitrogen and oxygen atoms in total. The number of aliphatic imine (C=N–C) groups is 1. The smallest absolute Gasteiger partial charge is 0.289 e. The number of nitrogens with zero attached hydrogens (tertiary/aromatic N) is 2. The molecule has 4 rings (SSSR count). The molecule has 1 saturated heterocycles. The lowest BCUT2D eigenvalue weighted by atomic mass is 10.0. The molecule has 2 N–H and O–H groups in total. The Morgan fingerprint density at radius 2 is 2.38 bits per heavy atom. The lowest BCUT2D eigenvalue weighted by molar-refractivity contribution is -0.118. The molecular weight excluding hydrogens is 328 g/mol. The maximum atomic E-state index is 12.1. The summed E-state index contributed by atoms with van der Waals surface area (Å²) in [5, 5.41) is 9.59. The number of hydrogen-bond acceptors (Lipinski definition) is 6. The summed E-state index contributed by atoms with van der Waals surface area (Å²) in [7, 11) is 0. The van der Waals surface area contributed by atoms with E-state index in [-0.39, 0.29) is 22.8 Å². The van der Waals surface area contributed by atoms with Gasteiger partial charge in [0, 0.05) is 12.6 Å². The van der Waals surface area contributed by atoms with E-state index in [1.54, 1.807) is 0 Å². The average Bonchev–Trinajstić information content (AvgIpc) is 3.32. The highest BCUT2D eigenvalue weighted by Crippen LogP contribution is 2.41. The number of carbonyl (C=O) groups is 2. The molecule has 1 aromatic rings. The second-order valence-corrected chi connectivity index (χ2v) is 7.49. The molecular formula is C16H18N4O3S. The maximum Gasteiger partial charge on any atom is 0.289 e. The Bertz CT molecular complexity index is 700. The molecule has 2 amide bonds. The van der Waals surface area contributed by atoms with E-state index < -0.39 is 0 Å². The fourth-order valence-corrected chi connectivity index (χ4v) is 4.47. The summed E-state index contributed by atoms with van der Waals surface area (Å²) in [6.07, 6.45) is 8.77. The van der Waals surface area contributed by atoms with Crippen LogP contribution in [0.15, 0.2) is 33.9 Å². The summed E-state index contributed by atoms with van der Waals surface area (Å²) in [5.74, 6) is 1.00. The van der Waals surface area contributed by atoms with Gasteiger partial charge < -0.3 is 15.2 Å². The van der Waals surface area contributed by atoms with Crippen molar-refractivity contribution in [2.75, 3.05) is 6.54 Å². The first kappa shape index (κ1) is 15.4. The summed E-state index contributed by atoms with van der Waals surface area (Å²) >= 11 is 1.46. The second kappa shape index (κ2) is 6.43. The van der Waals surface area contributed by atoms with E-state index >= 15 is 0 Å². The van der Waals surface area contributed by atoms with Crippen LogP contribution in [-0.4, -0.2) is 40.0 Å². The van der Waals surface area contributed by atoms with Crippen LogP contribution in [0.1, 0.15) is 29.8 Å². The van der Waals surface area contributed by atoms with Gasteiger partial charge in [-0.1, -0.05) is 29.1 Å². The first-order valence-electron chi connectivity index (χ1n) is 8.11. The van der Waals surface area contributed by atoms with Crippen LogP contribution in [0, 0.1) is 11.8 Å². The molecule has 2 aliphatic carbocycles. The molecule has 2 heterocycles. The number of amidine groups is 1. The van der Waals surface area contributed by atoms with Crippen molar-refractivity contribution >= 4 is 28.7 Å². The molecule has 0 aromatic carbocycles. The quantitative estimate of drug-likeness (QED) is 0.785. The molecule has 2 fully saturated rings. The normalized spacial score (nSPS) is 32.5. The molecule has 1 aromatic heterocycles. The fraction of sp³-hybridized carbons (Fsp3) is 0.500. The highest BCUT2D eigenvalue weighted by molar-refractivity contribution is 8.15. The standard InChI is InChI=1S/C16H18N4O3S/c21-14(12-3-6-18-23-12)17-5-4-13-15(22)20-16(24-13)19-11-8-9-1-2-10(11)7-9/h1-3,6,9-11,13H,4-5,7-8H2,(H,17,21)(H,19,20,22). The largest absolute Gasteiger partial charge is 0.351 e. The molecule has 2 bridgehead atoms. The highest BCUT2D eigenvalue weighted by Gasteiger charge is 2.37. The third kappa shape index (κ3) is 3.10. The summed E-state index contributed by atoms with van der Waals surface area (Å²) in [6.45, 7) is 0.398. The van der Waals surface area contributed by atoms with E-state index in [1.165, 1.54) is 30.4 Å². The van der Waals surface area contributed by atoms with Crippen LogP contribution in [0.2, 0.25) is 0 Å². The third-order valence-electron chi connectivity index (χ3n) is 4.66. The van der Waals surface area contributed by atoms with Gasteiger partial charge in [0.1, 0.15) is 0 Å². The first-order chi connectivity index (χ1) is 11.7. The maximum absolute atomic E-state index is 12.1. The minimum atomic E-state index is -0.321. The van der Waals surface area contributed by atoms with Gasteiger partial charge >= 0.3 is 0 Å². The Hall–Kier alpha value is -2.09. The minimum Gasteiger partial charge on any atom is -0.351 e. The number of thioether (sulfide) groups is 1. The number of carbonyl (C=O) groups excluding carboxylic acids is 2. The van der Waals surface area contributed by atoms with E-state index in [0.29, 0.717) is 30.8 Å². The molecule has 1 saturated carbocycles. The van der Waals surface area contributed by atoms with Crippen molar-refractivity contribution in [3.8, 4) is 0 Å². The van der Waals surface area contributed by atoms with Crippen molar-refractivity contribution in [2.24, 2.45) is 16.8 Å². The van der Waals surface area contributed by atoms with Gasteiger partial charge in [-0.25, -0.2) is 0 Å². The summed E-state index contributed by atoms with van der Waals surface area (Å²) in [5.41, 5.74) is 0. The topological polar surface area (TPSA) is 96.6 Å². The zero-order chi connectivity index (χ0) is 16.5. The Morgan fingerprint density at radius 3 is 3.08 bits per heavy atom. The van der Waals surface area contributed by atoms with E-state index in [0.717, 1.165) is 11.6 Å². The summed E-state index contributed by atoms with van der Waals surface area (Å²) in [4.78, 5) is 28.5. The van der Waals surface area contributed by atoms with E-state index in [1.807, 2.05) is 0 Å². The zero-order valence-corrected chi connectivity index (χ0v) is 13.8. The van der Waals surface area contributed by atoms with E-state index in [2.05, 4.69) is 27.9 Å². The number of amides is 2. The Morgan fingerprint density at radius 1 is 1.46 bits per heavy atom. The number of hydrogen-bond donors (Lipinski definition) is 2. The Labute approximate surface area is 143 Å². The number of allylic oxidation sites excluding steroid dienone is 1. The van der Waals surface area contributed by atoms with E-state index in [4.69, 9.17) is 9.52 Å². The van der Waals surface area contributed by atoms with E-state index in [9.17, 15) is 9.59 Å². The zero-order valence-electron chi connectivity index (χ0n) is 13.0. The minimum absolute atomic E-state index is 0.0358. The Kier molecular flexibility index (Phi) is 4.13. The summed E-state index contributed by atoms with van der Waals surface area (Å²) in [6, 6.07) is 1.80. The van der Waals surface area contributed by atoms with Crippen LogP contribution in [0.5, 0.6) is 0 Å². The molecule has 4 atom stereocenters. The number of fused-ring (bicyclic) bond motifs is 2. The lowest BCUT2D eigenvalue weighted by Crippen LogP contribution is -2.30. The highest BCUT2D eigenvalue weighted by atomic mass is 32.2. The predicted molar refractivity (Wildman–Crippen MR) is 89.6 cm³/mol. The molecule has 3 aliphatic rings. The molecule has 126 valence electrons. The number of nitrogens with one attached hydrogen (secondary N) is 2. The molecule has 8 heteroatoms. The fourth-order valence-electron chi connectivity index (χ4n) is 3.44. The molecule has 4 unspecified atom stereocenters. The van der Waals surface area contributed by atoms with Gasteiger partial charge in [-0.15, -0.1) is 0 Å². The first-order valence-corrected chi connectivity index (χ1v) is 8.99. The van der Waals surface area contributed by atoms with Crippen molar-refractivity contribution in [3.05, 3.63) is 30.2 Å². The average molecular weight is 346 g/mol. The van der Waals surface area contributed by atoms with Gasteiger partial charge in [0.2, 0.25) is 11.7 Å². The van der Waals surface area contributed by atoms with Crippen molar-refractivity contribution in [3.63, 3.8) is 0 Å². The molecule has 24 heavy (non-hydrogen) atoms.